The molecular formula is C32H28N4O. The summed E-state index contributed by atoms with van der Waals surface area (Å²) in [6, 6.07) is 32.0. The van der Waals surface area contributed by atoms with E-state index in [4.69, 9.17) is 14.7 Å². The van der Waals surface area contributed by atoms with Crippen LogP contribution in [0.2, 0.25) is 0 Å². The van der Waals surface area contributed by atoms with Gasteiger partial charge in [-0.25, -0.2) is 9.98 Å². The maximum absolute atomic E-state index is 5.90. The van der Waals surface area contributed by atoms with Crippen molar-refractivity contribution in [2.24, 2.45) is 9.98 Å². The summed E-state index contributed by atoms with van der Waals surface area (Å²) in [6.45, 7) is 2.06. The van der Waals surface area contributed by atoms with E-state index in [1.165, 1.54) is 5.56 Å². The Morgan fingerprint density at radius 2 is 0.919 bits per heavy atom. The number of ether oxygens (including phenoxy) is 1. The zero-order valence-electron chi connectivity index (χ0n) is 20.8. The van der Waals surface area contributed by atoms with Gasteiger partial charge in [-0.15, -0.1) is 0 Å². The summed E-state index contributed by atoms with van der Waals surface area (Å²) in [5.41, 5.74) is 7.85. The van der Waals surface area contributed by atoms with Crippen LogP contribution in [0.1, 0.15) is 5.56 Å². The van der Waals surface area contributed by atoms with Gasteiger partial charge in [-0.1, -0.05) is 17.7 Å². The molecule has 0 radical (unpaired) electrons. The highest BCUT2D eigenvalue weighted by Crippen LogP contribution is 2.25. The van der Waals surface area contributed by atoms with Crippen molar-refractivity contribution in [3.05, 3.63) is 127 Å². The molecule has 4 aromatic rings. The first kappa shape index (κ1) is 23.8. The number of nitrogens with zero attached hydrogens (tertiary/aromatic N) is 2. The zero-order valence-corrected chi connectivity index (χ0v) is 20.8. The summed E-state index contributed by atoms with van der Waals surface area (Å²) in [6.07, 6.45) is 7.90. The topological polar surface area (TPSA) is 58.0 Å². The molecule has 0 bridgehead atoms. The van der Waals surface area contributed by atoms with Crippen LogP contribution in [0.5, 0.6) is 11.5 Å². The Morgan fingerprint density at radius 1 is 0.514 bits per heavy atom. The molecule has 5 rings (SSSR count). The number of rotatable bonds is 7. The third-order valence-corrected chi connectivity index (χ3v) is 5.79. The highest BCUT2D eigenvalue weighted by Gasteiger charge is 2.03. The molecule has 0 aliphatic heterocycles. The summed E-state index contributed by atoms with van der Waals surface area (Å²) in [7, 11) is 1.91. The first-order valence-corrected chi connectivity index (χ1v) is 12.2. The number of allylic oxidation sites excluding steroid dienone is 4. The molecule has 1 aliphatic carbocycles. The van der Waals surface area contributed by atoms with Gasteiger partial charge >= 0.3 is 0 Å². The Bertz CT molecular complexity index is 1440. The number of aryl methyl sites for hydroxylation is 1. The summed E-state index contributed by atoms with van der Waals surface area (Å²) in [5.74, 6) is 1.60. The number of hydrogen-bond donors (Lipinski definition) is 2. The Labute approximate surface area is 217 Å². The molecule has 0 fully saturated rings. The molecule has 37 heavy (non-hydrogen) atoms. The molecule has 0 saturated carbocycles. The number of hydrogen-bond acceptors (Lipinski definition) is 5. The first-order chi connectivity index (χ1) is 18.1. The smallest absolute Gasteiger partial charge is 0.127 e. The lowest BCUT2D eigenvalue weighted by Crippen LogP contribution is -1.99. The average molecular weight is 485 g/mol. The van der Waals surface area contributed by atoms with Crippen molar-refractivity contribution >= 4 is 39.9 Å². The lowest BCUT2D eigenvalue weighted by molar-refractivity contribution is 0.482. The number of benzene rings is 4. The van der Waals surface area contributed by atoms with Crippen molar-refractivity contribution in [1.82, 2.24) is 0 Å². The molecule has 0 aromatic heterocycles. The quantitative estimate of drug-likeness (QED) is 0.258. The molecule has 0 saturated heterocycles. The second-order valence-corrected chi connectivity index (χ2v) is 8.65. The third kappa shape index (κ3) is 6.61. The highest BCUT2D eigenvalue weighted by atomic mass is 16.5. The standard InChI is InChI=1S/C32H28N4O/c1-23-3-19-31(20-4-23)37-32-21-17-30(18-22-32)36-29-15-13-28(14-16-29)35-27-11-9-26(10-12-27)34-25-7-5-24(33-2)6-8-25/h3-22,33-34H,1-2H3. The lowest BCUT2D eigenvalue weighted by atomic mass is 10.1. The zero-order chi connectivity index (χ0) is 25.5. The summed E-state index contributed by atoms with van der Waals surface area (Å²) in [5, 5.41) is 6.53. The van der Waals surface area contributed by atoms with Crippen LogP contribution in [0.25, 0.3) is 0 Å². The molecule has 2 N–H and O–H groups in total. The second-order valence-electron chi connectivity index (χ2n) is 8.65. The van der Waals surface area contributed by atoms with E-state index in [0.29, 0.717) is 0 Å². The Kier molecular flexibility index (Phi) is 7.23. The van der Waals surface area contributed by atoms with Gasteiger partial charge < -0.3 is 15.4 Å². The van der Waals surface area contributed by atoms with Gasteiger partial charge in [0.25, 0.3) is 0 Å². The molecule has 1 aliphatic rings. The van der Waals surface area contributed by atoms with E-state index in [1.807, 2.05) is 128 Å². The van der Waals surface area contributed by atoms with Gasteiger partial charge in [-0.2, -0.15) is 0 Å². The van der Waals surface area contributed by atoms with E-state index < -0.39 is 0 Å². The van der Waals surface area contributed by atoms with Crippen molar-refractivity contribution in [1.29, 1.82) is 0 Å². The lowest BCUT2D eigenvalue weighted by Gasteiger charge is -2.08. The summed E-state index contributed by atoms with van der Waals surface area (Å²) < 4.78 is 5.90. The monoisotopic (exact) mass is 484 g/mol. The Morgan fingerprint density at radius 3 is 1.41 bits per heavy atom. The van der Waals surface area contributed by atoms with Crippen LogP contribution in [0.3, 0.4) is 0 Å². The largest absolute Gasteiger partial charge is 0.457 e. The van der Waals surface area contributed by atoms with Crippen molar-refractivity contribution in [2.75, 3.05) is 17.7 Å². The fourth-order valence-electron chi connectivity index (χ4n) is 3.74. The normalized spacial score (nSPS) is 12.3. The van der Waals surface area contributed by atoms with Crippen LogP contribution >= 0.6 is 0 Å². The fourth-order valence-corrected chi connectivity index (χ4v) is 3.74. The van der Waals surface area contributed by atoms with E-state index in [0.717, 1.165) is 51.4 Å². The molecular weight excluding hydrogens is 456 g/mol. The first-order valence-electron chi connectivity index (χ1n) is 12.2. The number of aliphatic imine (C=N–C) groups is 2. The molecule has 0 amide bonds. The minimum Gasteiger partial charge on any atom is -0.457 e. The molecule has 0 atom stereocenters. The van der Waals surface area contributed by atoms with Crippen LogP contribution in [0.15, 0.2) is 131 Å². The van der Waals surface area contributed by atoms with Crippen LogP contribution < -0.4 is 15.4 Å². The summed E-state index contributed by atoms with van der Waals surface area (Å²) in [4.78, 5) is 9.42. The molecule has 5 nitrogen and oxygen atoms in total. The highest BCUT2D eigenvalue weighted by molar-refractivity contribution is 6.19. The van der Waals surface area contributed by atoms with Gasteiger partial charge in [0.05, 0.1) is 22.8 Å². The fraction of sp³-hybridized carbons (Fsp3) is 0.0625. The average Bonchev–Trinajstić information content (AvgIpc) is 2.94. The predicted octanol–water partition coefficient (Wildman–Crippen LogP) is 8.54. The van der Waals surface area contributed by atoms with Gasteiger partial charge in [0.2, 0.25) is 0 Å². The molecule has 182 valence electrons. The van der Waals surface area contributed by atoms with Gasteiger partial charge in [0, 0.05) is 24.1 Å². The van der Waals surface area contributed by atoms with Crippen molar-refractivity contribution in [3.8, 4) is 11.5 Å². The van der Waals surface area contributed by atoms with E-state index in [1.54, 1.807) is 0 Å². The van der Waals surface area contributed by atoms with E-state index in [-0.39, 0.29) is 0 Å². The molecule has 0 unspecified atom stereocenters. The van der Waals surface area contributed by atoms with Gasteiger partial charge in [-0.3, -0.25) is 0 Å². The van der Waals surface area contributed by atoms with Crippen LogP contribution in [-0.2, 0) is 0 Å². The molecule has 5 heteroatoms. The van der Waals surface area contributed by atoms with Crippen LogP contribution in [0, 0.1) is 6.92 Å². The maximum atomic E-state index is 5.90. The minimum atomic E-state index is 0.782. The van der Waals surface area contributed by atoms with E-state index >= 15 is 0 Å². The molecule has 0 heterocycles. The summed E-state index contributed by atoms with van der Waals surface area (Å²) >= 11 is 0. The van der Waals surface area contributed by atoms with E-state index in [9.17, 15) is 0 Å². The SMILES string of the molecule is CNc1ccc(Nc2ccc(N=C3C=CC(=Nc4ccc(Oc5ccc(C)cc5)cc4)C=C3)cc2)cc1. The minimum absolute atomic E-state index is 0.782. The van der Waals surface area contributed by atoms with Crippen LogP contribution in [-0.4, -0.2) is 18.5 Å². The van der Waals surface area contributed by atoms with Crippen LogP contribution in [0.4, 0.5) is 28.4 Å². The maximum Gasteiger partial charge on any atom is 0.127 e. The number of nitrogens with one attached hydrogen (secondary N) is 2. The van der Waals surface area contributed by atoms with Crippen molar-refractivity contribution in [2.45, 2.75) is 6.92 Å². The molecule has 4 aromatic carbocycles. The Balaban J connectivity index is 1.18. The van der Waals surface area contributed by atoms with Gasteiger partial charge in [0.1, 0.15) is 11.5 Å². The third-order valence-electron chi connectivity index (χ3n) is 5.79. The Hall–Kier alpha value is -4.90. The number of anilines is 3. The predicted molar refractivity (Wildman–Crippen MR) is 156 cm³/mol. The van der Waals surface area contributed by atoms with Gasteiger partial charge in [0.15, 0.2) is 0 Å². The van der Waals surface area contributed by atoms with Gasteiger partial charge in [-0.05, 0) is 116 Å². The van der Waals surface area contributed by atoms with Crippen molar-refractivity contribution < 1.29 is 4.74 Å². The van der Waals surface area contributed by atoms with E-state index in [2.05, 4.69) is 17.6 Å². The van der Waals surface area contributed by atoms with Crippen molar-refractivity contribution in [3.63, 3.8) is 0 Å². The second kappa shape index (κ2) is 11.2. The molecule has 0 spiro atoms.